The molecule has 1 N–H and O–H groups in total. The molecule has 0 aliphatic heterocycles. The summed E-state index contributed by atoms with van der Waals surface area (Å²) in [4.78, 5) is 14.7. The predicted molar refractivity (Wildman–Crippen MR) is 103 cm³/mol. The fourth-order valence-corrected chi connectivity index (χ4v) is 3.60. The molecule has 1 fully saturated rings. The van der Waals surface area contributed by atoms with Gasteiger partial charge in [0.25, 0.3) is 0 Å². The summed E-state index contributed by atoms with van der Waals surface area (Å²) < 4.78 is 0. The summed E-state index contributed by atoms with van der Waals surface area (Å²) in [7, 11) is 4.08. The van der Waals surface area contributed by atoms with Crippen LogP contribution in [0.5, 0.6) is 0 Å². The van der Waals surface area contributed by atoms with E-state index in [2.05, 4.69) is 41.4 Å². The van der Waals surface area contributed by atoms with E-state index in [-0.39, 0.29) is 23.8 Å². The number of rotatable bonds is 6. The lowest BCUT2D eigenvalue weighted by molar-refractivity contribution is -0.122. The zero-order valence-electron chi connectivity index (χ0n) is 15.0. The van der Waals surface area contributed by atoms with Gasteiger partial charge in [-0.1, -0.05) is 59.6 Å². The Hall–Kier alpha value is -1.84. The fourth-order valence-electron chi connectivity index (χ4n) is 3.32. The molecular formula is C21H25ClN2O. The van der Waals surface area contributed by atoms with Gasteiger partial charge < -0.3 is 10.2 Å². The van der Waals surface area contributed by atoms with Gasteiger partial charge in [0, 0.05) is 17.5 Å². The van der Waals surface area contributed by atoms with Gasteiger partial charge in [-0.05, 0) is 50.6 Å². The number of amides is 1. The molecule has 1 saturated carbocycles. The fraction of sp³-hybridized carbons (Fsp3) is 0.381. The Labute approximate surface area is 155 Å². The van der Waals surface area contributed by atoms with Crippen LogP contribution in [0.25, 0.3) is 0 Å². The third-order valence-electron chi connectivity index (χ3n) is 4.99. The summed E-state index contributed by atoms with van der Waals surface area (Å²) in [6.07, 6.45) is 0.882. The molecule has 0 heterocycles. The normalized spacial score (nSPS) is 20.4. The van der Waals surface area contributed by atoms with Crippen molar-refractivity contribution in [3.05, 3.63) is 70.2 Å². The molecule has 2 aromatic carbocycles. The van der Waals surface area contributed by atoms with Crippen LogP contribution in [-0.2, 0) is 4.79 Å². The Morgan fingerprint density at radius 3 is 2.52 bits per heavy atom. The second kappa shape index (κ2) is 7.59. The minimum Gasteiger partial charge on any atom is -0.354 e. The van der Waals surface area contributed by atoms with E-state index < -0.39 is 0 Å². The van der Waals surface area contributed by atoms with E-state index in [0.29, 0.717) is 6.54 Å². The topological polar surface area (TPSA) is 32.3 Å². The molecule has 0 radical (unpaired) electrons. The molecule has 3 nitrogen and oxygen atoms in total. The third kappa shape index (κ3) is 4.23. The highest BCUT2D eigenvalue weighted by atomic mass is 35.5. The van der Waals surface area contributed by atoms with Gasteiger partial charge in [0.2, 0.25) is 5.91 Å². The first kappa shape index (κ1) is 18.0. The highest BCUT2D eigenvalue weighted by Crippen LogP contribution is 2.49. The number of carbonyl (C=O) groups is 1. The van der Waals surface area contributed by atoms with Crippen molar-refractivity contribution in [1.29, 1.82) is 0 Å². The van der Waals surface area contributed by atoms with Crippen LogP contribution in [0.2, 0.25) is 5.02 Å². The average molecular weight is 357 g/mol. The molecule has 132 valence electrons. The molecule has 3 rings (SSSR count). The van der Waals surface area contributed by atoms with Crippen LogP contribution in [-0.4, -0.2) is 31.4 Å². The zero-order valence-corrected chi connectivity index (χ0v) is 15.8. The Morgan fingerprint density at radius 1 is 1.20 bits per heavy atom. The van der Waals surface area contributed by atoms with Crippen LogP contribution in [0.3, 0.4) is 0 Å². The standard InChI is InChI=1S/C21H25ClN2O/c1-14-8-10-15(11-9-14)20(24(2)3)13-23-21(25)18-12-17(18)16-6-4-5-7-19(16)22/h4-11,17-18,20H,12-13H2,1-3H3,(H,23,25). The van der Waals surface area contributed by atoms with Gasteiger partial charge in [-0.25, -0.2) is 0 Å². The molecule has 2 aromatic rings. The van der Waals surface area contributed by atoms with Gasteiger partial charge in [-0.15, -0.1) is 0 Å². The molecule has 1 amide bonds. The number of hydrogen-bond donors (Lipinski definition) is 1. The molecule has 0 spiro atoms. The molecule has 1 aliphatic rings. The minimum atomic E-state index is 0.0423. The number of halogens is 1. The predicted octanol–water partition coefficient (Wildman–Crippen LogP) is 4.17. The number of nitrogens with one attached hydrogen (secondary N) is 1. The summed E-state index contributed by atoms with van der Waals surface area (Å²) in [5.41, 5.74) is 3.55. The summed E-state index contributed by atoms with van der Waals surface area (Å²) in [6.45, 7) is 2.69. The molecule has 3 unspecified atom stereocenters. The van der Waals surface area contributed by atoms with Gasteiger partial charge in [-0.2, -0.15) is 0 Å². The van der Waals surface area contributed by atoms with E-state index in [1.165, 1.54) is 11.1 Å². The first-order valence-electron chi connectivity index (χ1n) is 8.72. The summed E-state index contributed by atoms with van der Waals surface area (Å²) in [5.74, 6) is 0.426. The maximum absolute atomic E-state index is 12.5. The van der Waals surface area contributed by atoms with Gasteiger partial charge in [0.05, 0.1) is 6.04 Å². The number of nitrogens with zero attached hydrogens (tertiary/aromatic N) is 1. The van der Waals surface area contributed by atoms with E-state index in [0.717, 1.165) is 17.0 Å². The van der Waals surface area contributed by atoms with Crippen LogP contribution in [0.15, 0.2) is 48.5 Å². The Balaban J connectivity index is 1.60. The first-order valence-corrected chi connectivity index (χ1v) is 9.10. The highest BCUT2D eigenvalue weighted by Gasteiger charge is 2.44. The van der Waals surface area contributed by atoms with Crippen LogP contribution in [0.1, 0.15) is 35.1 Å². The maximum Gasteiger partial charge on any atom is 0.223 e. The molecule has 1 aliphatic carbocycles. The molecule has 0 saturated heterocycles. The van der Waals surface area contributed by atoms with Crippen molar-refractivity contribution in [2.75, 3.05) is 20.6 Å². The first-order chi connectivity index (χ1) is 12.0. The lowest BCUT2D eigenvalue weighted by Gasteiger charge is -2.25. The molecular weight excluding hydrogens is 332 g/mol. The van der Waals surface area contributed by atoms with Crippen molar-refractivity contribution < 1.29 is 4.79 Å². The van der Waals surface area contributed by atoms with Gasteiger partial charge in [0.15, 0.2) is 0 Å². The van der Waals surface area contributed by atoms with Crippen molar-refractivity contribution in [3.8, 4) is 0 Å². The van der Waals surface area contributed by atoms with E-state index in [9.17, 15) is 4.79 Å². The monoisotopic (exact) mass is 356 g/mol. The third-order valence-corrected chi connectivity index (χ3v) is 5.33. The summed E-state index contributed by atoms with van der Waals surface area (Å²) >= 11 is 6.25. The number of carbonyl (C=O) groups excluding carboxylic acids is 1. The van der Waals surface area contributed by atoms with Crippen LogP contribution in [0, 0.1) is 12.8 Å². The van der Waals surface area contributed by atoms with Crippen molar-refractivity contribution in [2.45, 2.75) is 25.3 Å². The Bertz CT molecular complexity index is 742. The van der Waals surface area contributed by atoms with E-state index in [4.69, 9.17) is 11.6 Å². The average Bonchev–Trinajstić information content (AvgIpc) is 3.37. The lowest BCUT2D eigenvalue weighted by Crippen LogP contribution is -2.35. The second-order valence-electron chi connectivity index (χ2n) is 7.11. The van der Waals surface area contributed by atoms with Crippen LogP contribution >= 0.6 is 11.6 Å². The van der Waals surface area contributed by atoms with E-state index in [1.807, 2.05) is 38.4 Å². The molecule has 4 heteroatoms. The Kier molecular flexibility index (Phi) is 5.45. The van der Waals surface area contributed by atoms with Gasteiger partial charge in [0.1, 0.15) is 0 Å². The van der Waals surface area contributed by atoms with Crippen molar-refractivity contribution in [3.63, 3.8) is 0 Å². The van der Waals surface area contributed by atoms with Gasteiger partial charge >= 0.3 is 0 Å². The Morgan fingerprint density at radius 2 is 1.88 bits per heavy atom. The lowest BCUT2D eigenvalue weighted by atomic mass is 10.0. The number of aryl methyl sites for hydroxylation is 1. The van der Waals surface area contributed by atoms with E-state index in [1.54, 1.807) is 0 Å². The van der Waals surface area contributed by atoms with Gasteiger partial charge in [-0.3, -0.25) is 4.79 Å². The highest BCUT2D eigenvalue weighted by molar-refractivity contribution is 6.31. The van der Waals surface area contributed by atoms with E-state index >= 15 is 0 Å². The summed E-state index contributed by atoms with van der Waals surface area (Å²) in [6, 6.07) is 16.5. The molecule has 0 aromatic heterocycles. The smallest absolute Gasteiger partial charge is 0.223 e. The van der Waals surface area contributed by atoms with Crippen molar-refractivity contribution >= 4 is 17.5 Å². The quantitative estimate of drug-likeness (QED) is 0.842. The molecule has 25 heavy (non-hydrogen) atoms. The maximum atomic E-state index is 12.5. The van der Waals surface area contributed by atoms with Crippen LogP contribution in [0.4, 0.5) is 0 Å². The summed E-state index contributed by atoms with van der Waals surface area (Å²) in [5, 5.41) is 3.89. The largest absolute Gasteiger partial charge is 0.354 e. The molecule has 0 bridgehead atoms. The number of hydrogen-bond acceptors (Lipinski definition) is 2. The number of likely N-dealkylation sites (N-methyl/N-ethyl adjacent to an activating group) is 1. The van der Waals surface area contributed by atoms with Crippen molar-refractivity contribution in [1.82, 2.24) is 10.2 Å². The zero-order chi connectivity index (χ0) is 18.0. The second-order valence-corrected chi connectivity index (χ2v) is 7.51. The van der Waals surface area contributed by atoms with Crippen molar-refractivity contribution in [2.24, 2.45) is 5.92 Å². The number of benzene rings is 2. The SMILES string of the molecule is Cc1ccc(C(CNC(=O)C2CC2c2ccccc2Cl)N(C)C)cc1. The molecule has 3 atom stereocenters. The van der Waals surface area contributed by atoms with Crippen LogP contribution < -0.4 is 5.32 Å². The minimum absolute atomic E-state index is 0.0423.